The molecule has 0 radical (unpaired) electrons. The van der Waals surface area contributed by atoms with Gasteiger partial charge in [-0.3, -0.25) is 0 Å². The summed E-state index contributed by atoms with van der Waals surface area (Å²) in [7, 11) is 0. The maximum atomic E-state index is 13.6. The highest BCUT2D eigenvalue weighted by molar-refractivity contribution is 5.85. The lowest BCUT2D eigenvalue weighted by Crippen LogP contribution is -2.02. The van der Waals surface area contributed by atoms with Gasteiger partial charge < -0.3 is 5.32 Å². The lowest BCUT2D eigenvalue weighted by molar-refractivity contribution is 0.602. The zero-order valence-electron chi connectivity index (χ0n) is 10.7. The monoisotopic (exact) mass is 269 g/mol. The molecule has 0 aliphatic heterocycles. The molecule has 0 aliphatic carbocycles. The van der Waals surface area contributed by atoms with Crippen molar-refractivity contribution in [3.05, 3.63) is 77.9 Å². The van der Waals surface area contributed by atoms with Gasteiger partial charge in [-0.25, -0.2) is 8.78 Å². The number of hydrogen-bond donors (Lipinski definition) is 1. The Hall–Kier alpha value is -2.42. The first-order valence-corrected chi connectivity index (χ1v) is 6.39. The molecule has 3 aromatic rings. The molecular weight excluding hydrogens is 256 g/mol. The Morgan fingerprint density at radius 2 is 1.65 bits per heavy atom. The van der Waals surface area contributed by atoms with E-state index in [2.05, 4.69) is 5.32 Å². The molecule has 0 saturated heterocycles. The number of halogens is 2. The SMILES string of the molecule is Fc1ccc(F)c(NCc2cccc3ccccc23)c1. The number of nitrogens with one attached hydrogen (secondary N) is 1. The second-order valence-electron chi connectivity index (χ2n) is 4.62. The molecule has 0 aromatic heterocycles. The van der Waals surface area contributed by atoms with Crippen LogP contribution >= 0.6 is 0 Å². The van der Waals surface area contributed by atoms with E-state index in [1.807, 2.05) is 42.5 Å². The summed E-state index contributed by atoms with van der Waals surface area (Å²) in [5.41, 5.74) is 1.23. The van der Waals surface area contributed by atoms with Gasteiger partial charge in [0.2, 0.25) is 0 Å². The van der Waals surface area contributed by atoms with E-state index in [-0.39, 0.29) is 5.69 Å². The van der Waals surface area contributed by atoms with Crippen molar-refractivity contribution in [2.24, 2.45) is 0 Å². The Morgan fingerprint density at radius 1 is 0.850 bits per heavy atom. The van der Waals surface area contributed by atoms with Crippen molar-refractivity contribution in [1.82, 2.24) is 0 Å². The summed E-state index contributed by atoms with van der Waals surface area (Å²) in [6.45, 7) is 0.446. The minimum atomic E-state index is -0.452. The van der Waals surface area contributed by atoms with Gasteiger partial charge in [0, 0.05) is 6.54 Å². The highest BCUT2D eigenvalue weighted by Gasteiger charge is 2.05. The number of fused-ring (bicyclic) bond motifs is 1. The summed E-state index contributed by atoms with van der Waals surface area (Å²) in [4.78, 5) is 0. The quantitative estimate of drug-likeness (QED) is 0.724. The largest absolute Gasteiger partial charge is 0.378 e. The topological polar surface area (TPSA) is 12.0 Å². The number of benzene rings is 3. The Kier molecular flexibility index (Phi) is 3.33. The van der Waals surface area contributed by atoms with Crippen LogP contribution in [0.4, 0.5) is 14.5 Å². The van der Waals surface area contributed by atoms with Crippen molar-refractivity contribution in [3.63, 3.8) is 0 Å². The second-order valence-corrected chi connectivity index (χ2v) is 4.62. The molecule has 0 aliphatic rings. The molecule has 0 amide bonds. The van der Waals surface area contributed by atoms with Gasteiger partial charge in [-0.2, -0.15) is 0 Å². The van der Waals surface area contributed by atoms with Crippen molar-refractivity contribution < 1.29 is 8.78 Å². The molecule has 0 fully saturated rings. The molecule has 20 heavy (non-hydrogen) atoms. The third kappa shape index (κ3) is 2.48. The van der Waals surface area contributed by atoms with Crippen molar-refractivity contribution in [2.75, 3.05) is 5.32 Å². The first kappa shape index (κ1) is 12.6. The van der Waals surface area contributed by atoms with Crippen LogP contribution in [0.2, 0.25) is 0 Å². The fraction of sp³-hybridized carbons (Fsp3) is 0.0588. The summed E-state index contributed by atoms with van der Waals surface area (Å²) in [5.74, 6) is -0.904. The van der Waals surface area contributed by atoms with Crippen LogP contribution in [0.1, 0.15) is 5.56 Å². The summed E-state index contributed by atoms with van der Waals surface area (Å²) >= 11 is 0. The smallest absolute Gasteiger partial charge is 0.146 e. The van der Waals surface area contributed by atoms with Crippen LogP contribution in [-0.4, -0.2) is 0 Å². The molecule has 0 heterocycles. The van der Waals surface area contributed by atoms with Crippen LogP contribution in [0.3, 0.4) is 0 Å². The van der Waals surface area contributed by atoms with E-state index in [9.17, 15) is 8.78 Å². The molecule has 0 atom stereocenters. The van der Waals surface area contributed by atoms with Gasteiger partial charge in [-0.1, -0.05) is 42.5 Å². The molecule has 0 unspecified atom stereocenters. The second kappa shape index (κ2) is 5.29. The Bertz CT molecular complexity index is 748. The first-order valence-electron chi connectivity index (χ1n) is 6.39. The van der Waals surface area contributed by atoms with Crippen LogP contribution in [-0.2, 0) is 6.54 Å². The van der Waals surface area contributed by atoms with Crippen molar-refractivity contribution in [2.45, 2.75) is 6.54 Å². The zero-order valence-corrected chi connectivity index (χ0v) is 10.7. The molecule has 3 heteroatoms. The maximum Gasteiger partial charge on any atom is 0.146 e. The lowest BCUT2D eigenvalue weighted by atomic mass is 10.0. The van der Waals surface area contributed by atoms with Crippen LogP contribution < -0.4 is 5.32 Å². The van der Waals surface area contributed by atoms with Crippen molar-refractivity contribution in [1.29, 1.82) is 0 Å². The van der Waals surface area contributed by atoms with Gasteiger partial charge in [-0.05, 0) is 34.5 Å². The first-order chi connectivity index (χ1) is 9.74. The normalized spacial score (nSPS) is 10.7. The third-order valence-electron chi connectivity index (χ3n) is 3.28. The van der Waals surface area contributed by atoms with Crippen molar-refractivity contribution in [3.8, 4) is 0 Å². The predicted molar refractivity (Wildman–Crippen MR) is 77.6 cm³/mol. The Labute approximate surface area is 115 Å². The standard InChI is InChI=1S/C17H13F2N/c18-14-8-9-16(19)17(10-14)20-11-13-6-3-5-12-4-1-2-7-15(12)13/h1-10,20H,11H2. The van der Waals surface area contributed by atoms with Gasteiger partial charge in [0.15, 0.2) is 0 Å². The van der Waals surface area contributed by atoms with Gasteiger partial charge in [0.25, 0.3) is 0 Å². The van der Waals surface area contributed by atoms with Gasteiger partial charge in [0.05, 0.1) is 5.69 Å². The molecule has 1 N–H and O–H groups in total. The molecule has 100 valence electrons. The average Bonchev–Trinajstić information content (AvgIpc) is 2.48. The number of rotatable bonds is 3. The van der Waals surface area contributed by atoms with Gasteiger partial charge in [-0.15, -0.1) is 0 Å². The number of anilines is 1. The lowest BCUT2D eigenvalue weighted by Gasteiger charge is -2.10. The third-order valence-corrected chi connectivity index (χ3v) is 3.28. The molecule has 1 nitrogen and oxygen atoms in total. The van der Waals surface area contributed by atoms with Crippen LogP contribution in [0.5, 0.6) is 0 Å². The Morgan fingerprint density at radius 3 is 2.55 bits per heavy atom. The van der Waals surface area contributed by atoms with Gasteiger partial charge >= 0.3 is 0 Å². The molecular formula is C17H13F2N. The summed E-state index contributed by atoms with van der Waals surface area (Å²) in [6, 6.07) is 17.4. The average molecular weight is 269 g/mol. The fourth-order valence-electron chi connectivity index (χ4n) is 2.27. The maximum absolute atomic E-state index is 13.6. The minimum absolute atomic E-state index is 0.179. The predicted octanol–water partition coefficient (Wildman–Crippen LogP) is 4.73. The summed E-state index contributed by atoms with van der Waals surface area (Å²) in [5, 5.41) is 5.19. The Balaban J connectivity index is 1.89. The molecule has 3 rings (SSSR count). The van der Waals surface area contributed by atoms with Crippen LogP contribution in [0.15, 0.2) is 60.7 Å². The highest BCUT2D eigenvalue weighted by Crippen LogP contribution is 2.21. The zero-order chi connectivity index (χ0) is 13.9. The molecule has 0 saturated carbocycles. The van der Waals surface area contributed by atoms with E-state index in [0.29, 0.717) is 6.54 Å². The highest BCUT2D eigenvalue weighted by atomic mass is 19.1. The minimum Gasteiger partial charge on any atom is -0.378 e. The summed E-state index contributed by atoms with van der Waals surface area (Å²) < 4.78 is 26.7. The fourth-order valence-corrected chi connectivity index (χ4v) is 2.27. The molecule has 0 bridgehead atoms. The molecule has 3 aromatic carbocycles. The van der Waals surface area contributed by atoms with E-state index in [0.717, 1.165) is 28.5 Å². The van der Waals surface area contributed by atoms with E-state index >= 15 is 0 Å². The van der Waals surface area contributed by atoms with Crippen LogP contribution in [0.25, 0.3) is 10.8 Å². The number of hydrogen-bond acceptors (Lipinski definition) is 1. The van der Waals surface area contributed by atoms with E-state index in [1.165, 1.54) is 6.07 Å². The summed E-state index contributed by atoms with van der Waals surface area (Å²) in [6.07, 6.45) is 0. The van der Waals surface area contributed by atoms with E-state index in [1.54, 1.807) is 0 Å². The van der Waals surface area contributed by atoms with Crippen molar-refractivity contribution >= 4 is 16.5 Å². The van der Waals surface area contributed by atoms with Gasteiger partial charge in [0.1, 0.15) is 11.6 Å². The van der Waals surface area contributed by atoms with E-state index in [4.69, 9.17) is 0 Å². The molecule has 0 spiro atoms. The van der Waals surface area contributed by atoms with Crippen LogP contribution in [0, 0.1) is 11.6 Å². The van der Waals surface area contributed by atoms with E-state index < -0.39 is 11.6 Å².